The van der Waals surface area contributed by atoms with Crippen LogP contribution in [0.1, 0.15) is 57.4 Å². The first-order chi connectivity index (χ1) is 18.2. The summed E-state index contributed by atoms with van der Waals surface area (Å²) in [4.78, 5) is 24.3. The van der Waals surface area contributed by atoms with Gasteiger partial charge in [0, 0.05) is 30.9 Å². The fourth-order valence-electron chi connectivity index (χ4n) is 5.87. The van der Waals surface area contributed by atoms with E-state index in [1.54, 1.807) is 11.8 Å². The minimum absolute atomic E-state index is 0.00714. The SMILES string of the molecule is CC1CC2=C(CCN(C(=O)COC3CCC(Nc4ccc([N+](=O)[O-])c(C(F)(F)F)c4)CC3)C2)CC1C(F)(F)F. The van der Waals surface area contributed by atoms with E-state index in [1.807, 2.05) is 0 Å². The first-order valence-electron chi connectivity index (χ1n) is 13.0. The van der Waals surface area contributed by atoms with Crippen LogP contribution in [0.25, 0.3) is 0 Å². The Morgan fingerprint density at radius 1 is 1.10 bits per heavy atom. The van der Waals surface area contributed by atoms with E-state index in [0.717, 1.165) is 23.3 Å². The number of nitro groups is 1. The first kappa shape index (κ1) is 29.2. The number of anilines is 1. The lowest BCUT2D eigenvalue weighted by Crippen LogP contribution is -2.43. The molecule has 0 spiro atoms. The maximum absolute atomic E-state index is 13.3. The highest BCUT2D eigenvalue weighted by Crippen LogP contribution is 2.45. The van der Waals surface area contributed by atoms with Crippen LogP contribution in [0.3, 0.4) is 0 Å². The van der Waals surface area contributed by atoms with E-state index in [-0.39, 0.29) is 36.8 Å². The third-order valence-corrected chi connectivity index (χ3v) is 8.05. The van der Waals surface area contributed by atoms with Crippen LogP contribution in [0.4, 0.5) is 37.7 Å². The average molecular weight is 564 g/mol. The molecule has 2 atom stereocenters. The van der Waals surface area contributed by atoms with Gasteiger partial charge in [0.15, 0.2) is 0 Å². The number of carbonyl (C=O) groups is 1. The maximum atomic E-state index is 13.3. The van der Waals surface area contributed by atoms with Gasteiger partial charge in [-0.05, 0) is 63.0 Å². The molecule has 216 valence electrons. The number of hydrogen-bond acceptors (Lipinski definition) is 5. The summed E-state index contributed by atoms with van der Waals surface area (Å²) in [6.07, 6.45) is -6.18. The highest BCUT2D eigenvalue weighted by molar-refractivity contribution is 5.78. The van der Waals surface area contributed by atoms with Gasteiger partial charge in [0.25, 0.3) is 5.69 Å². The van der Waals surface area contributed by atoms with Gasteiger partial charge in [-0.15, -0.1) is 0 Å². The van der Waals surface area contributed by atoms with Crippen LogP contribution in [0.5, 0.6) is 0 Å². The molecule has 1 aliphatic heterocycles. The summed E-state index contributed by atoms with van der Waals surface area (Å²) in [5, 5.41) is 14.0. The monoisotopic (exact) mass is 563 g/mol. The number of ether oxygens (including phenoxy) is 1. The van der Waals surface area contributed by atoms with Crippen molar-refractivity contribution in [1.82, 2.24) is 4.90 Å². The highest BCUT2D eigenvalue weighted by atomic mass is 19.4. The number of alkyl halides is 6. The van der Waals surface area contributed by atoms with E-state index in [9.17, 15) is 41.3 Å². The molecule has 1 N–H and O–H groups in total. The highest BCUT2D eigenvalue weighted by Gasteiger charge is 2.46. The van der Waals surface area contributed by atoms with Crippen molar-refractivity contribution in [3.8, 4) is 0 Å². The third-order valence-electron chi connectivity index (χ3n) is 8.05. The Kier molecular flexibility index (Phi) is 8.48. The van der Waals surface area contributed by atoms with Crippen molar-refractivity contribution in [1.29, 1.82) is 0 Å². The fourth-order valence-corrected chi connectivity index (χ4v) is 5.87. The normalized spacial score (nSPS) is 26.3. The molecule has 0 aromatic heterocycles. The second-order valence-electron chi connectivity index (χ2n) is 10.7. The molecule has 13 heteroatoms. The van der Waals surface area contributed by atoms with Gasteiger partial charge in [-0.25, -0.2) is 0 Å². The Morgan fingerprint density at radius 3 is 2.41 bits per heavy atom. The van der Waals surface area contributed by atoms with E-state index < -0.39 is 40.4 Å². The summed E-state index contributed by atoms with van der Waals surface area (Å²) in [5.41, 5.74) is -0.420. The van der Waals surface area contributed by atoms with Crippen molar-refractivity contribution in [3.63, 3.8) is 0 Å². The zero-order valence-electron chi connectivity index (χ0n) is 21.4. The molecule has 7 nitrogen and oxygen atoms in total. The number of hydrogen-bond donors (Lipinski definition) is 1. The maximum Gasteiger partial charge on any atom is 0.423 e. The van der Waals surface area contributed by atoms with Crippen molar-refractivity contribution < 1.29 is 40.8 Å². The van der Waals surface area contributed by atoms with Crippen LogP contribution in [-0.2, 0) is 15.7 Å². The number of nitrogens with zero attached hydrogens (tertiary/aromatic N) is 2. The summed E-state index contributed by atoms with van der Waals surface area (Å²) in [7, 11) is 0. The molecule has 1 aromatic rings. The molecule has 3 aliphatic rings. The summed E-state index contributed by atoms with van der Waals surface area (Å²) < 4.78 is 85.4. The molecule has 39 heavy (non-hydrogen) atoms. The Bertz CT molecular complexity index is 1110. The van der Waals surface area contributed by atoms with Crippen molar-refractivity contribution in [3.05, 3.63) is 45.0 Å². The van der Waals surface area contributed by atoms with Crippen LogP contribution in [0.2, 0.25) is 0 Å². The van der Waals surface area contributed by atoms with Crippen LogP contribution >= 0.6 is 0 Å². The third kappa shape index (κ3) is 7.03. The largest absolute Gasteiger partial charge is 0.423 e. The molecule has 0 bridgehead atoms. The fraction of sp³-hybridized carbons (Fsp3) is 0.654. The summed E-state index contributed by atoms with van der Waals surface area (Å²) >= 11 is 0. The topological polar surface area (TPSA) is 84.7 Å². The number of nitrogens with one attached hydrogen (secondary N) is 1. The van der Waals surface area contributed by atoms with Crippen LogP contribution < -0.4 is 5.32 Å². The van der Waals surface area contributed by atoms with Crippen LogP contribution in [-0.4, -0.2) is 53.7 Å². The number of nitro benzene ring substituents is 1. The molecular weight excluding hydrogens is 532 g/mol. The Balaban J connectivity index is 1.24. The number of halogens is 6. The second-order valence-corrected chi connectivity index (χ2v) is 10.7. The number of carbonyl (C=O) groups excluding carboxylic acids is 1. The van der Waals surface area contributed by atoms with Gasteiger partial charge >= 0.3 is 12.4 Å². The zero-order valence-corrected chi connectivity index (χ0v) is 21.4. The number of rotatable bonds is 6. The molecular formula is C26H31F6N3O4. The predicted octanol–water partition coefficient (Wildman–Crippen LogP) is 6.49. The van der Waals surface area contributed by atoms with Gasteiger partial charge in [0.1, 0.15) is 12.2 Å². The molecule has 2 aliphatic carbocycles. The average Bonchev–Trinajstić information content (AvgIpc) is 2.86. The molecule has 1 heterocycles. The van der Waals surface area contributed by atoms with Gasteiger partial charge in [0.05, 0.1) is 16.9 Å². The lowest BCUT2D eigenvalue weighted by atomic mass is 9.74. The van der Waals surface area contributed by atoms with Crippen LogP contribution in [0.15, 0.2) is 29.3 Å². The number of benzene rings is 1. The van der Waals surface area contributed by atoms with E-state index in [2.05, 4.69) is 5.32 Å². The zero-order chi connectivity index (χ0) is 28.5. The molecule has 2 unspecified atom stereocenters. The first-order valence-corrected chi connectivity index (χ1v) is 13.0. The van der Waals surface area contributed by atoms with E-state index >= 15 is 0 Å². The Labute approximate surface area is 221 Å². The number of amides is 1. The summed E-state index contributed by atoms with van der Waals surface area (Å²) in [6, 6.07) is 2.69. The van der Waals surface area contributed by atoms with Crippen LogP contribution in [0, 0.1) is 22.0 Å². The molecule has 4 rings (SSSR count). The molecule has 1 saturated carbocycles. The smallest absolute Gasteiger partial charge is 0.382 e. The minimum atomic E-state index is -4.86. The standard InChI is InChI=1S/C26H31F6N3O4/c1-15-10-17-13-34(9-8-16(17)11-21(15)25(27,28)29)24(36)14-39-20-5-2-18(3-6-20)33-19-4-7-23(35(37)38)22(12-19)26(30,31)32/h4,7,12,15,18,20-21,33H,2-3,5-6,8-11,13-14H2,1H3. The summed E-state index contributed by atoms with van der Waals surface area (Å²) in [5.74, 6) is -2.07. The molecule has 1 aromatic carbocycles. The van der Waals surface area contributed by atoms with Crippen molar-refractivity contribution >= 4 is 17.3 Å². The molecule has 1 fully saturated rings. The van der Waals surface area contributed by atoms with E-state index in [0.29, 0.717) is 51.6 Å². The predicted molar refractivity (Wildman–Crippen MR) is 130 cm³/mol. The Hall–Kier alpha value is -2.83. The Morgan fingerprint density at radius 2 is 1.79 bits per heavy atom. The summed E-state index contributed by atoms with van der Waals surface area (Å²) in [6.45, 7) is 2.17. The van der Waals surface area contributed by atoms with E-state index in [4.69, 9.17) is 4.74 Å². The van der Waals surface area contributed by atoms with Crippen molar-refractivity contribution in [2.24, 2.45) is 11.8 Å². The van der Waals surface area contributed by atoms with Gasteiger partial charge in [0.2, 0.25) is 5.91 Å². The van der Waals surface area contributed by atoms with Gasteiger partial charge < -0.3 is 15.0 Å². The van der Waals surface area contributed by atoms with Crippen molar-refractivity contribution in [2.75, 3.05) is 25.0 Å². The second kappa shape index (κ2) is 11.3. The van der Waals surface area contributed by atoms with E-state index in [1.165, 1.54) is 6.07 Å². The van der Waals surface area contributed by atoms with Gasteiger partial charge in [-0.2, -0.15) is 26.3 Å². The molecule has 0 saturated heterocycles. The van der Waals surface area contributed by atoms with Crippen molar-refractivity contribution in [2.45, 2.75) is 76.4 Å². The van der Waals surface area contributed by atoms with Gasteiger partial charge in [-0.3, -0.25) is 14.9 Å². The lowest BCUT2D eigenvalue weighted by Gasteiger charge is -2.39. The molecule has 0 radical (unpaired) electrons. The van der Waals surface area contributed by atoms with Gasteiger partial charge in [-0.1, -0.05) is 18.1 Å². The quantitative estimate of drug-likeness (QED) is 0.185. The minimum Gasteiger partial charge on any atom is -0.382 e. The molecule has 1 amide bonds. The lowest BCUT2D eigenvalue weighted by molar-refractivity contribution is -0.388.